The Balaban J connectivity index is 1.56. The minimum atomic E-state index is 0.151. The zero-order valence-corrected chi connectivity index (χ0v) is 18.9. The first-order chi connectivity index (χ1) is 15.9. The smallest absolute Gasteiger partial charge is 0.0717 e. The molecule has 0 saturated carbocycles. The van der Waals surface area contributed by atoms with Gasteiger partial charge in [-0.05, 0) is 11.1 Å². The molecule has 6 heteroatoms. The first-order valence-electron chi connectivity index (χ1n) is 11.5. The molecule has 0 bridgehead atoms. The van der Waals surface area contributed by atoms with E-state index in [9.17, 15) is 0 Å². The summed E-state index contributed by atoms with van der Waals surface area (Å²) in [6, 6.07) is 20.4. The Morgan fingerprint density at radius 1 is 0.531 bits per heavy atom. The molecule has 1 saturated heterocycles. The lowest BCUT2D eigenvalue weighted by Crippen LogP contribution is -2.33. The molecule has 1 fully saturated rings. The van der Waals surface area contributed by atoms with Gasteiger partial charge in [0.2, 0.25) is 0 Å². The maximum Gasteiger partial charge on any atom is 0.0717 e. The minimum absolute atomic E-state index is 0.151. The van der Waals surface area contributed by atoms with Gasteiger partial charge in [-0.2, -0.15) is 0 Å². The molecule has 0 radical (unpaired) electrons. The van der Waals surface area contributed by atoms with Crippen LogP contribution in [0.3, 0.4) is 0 Å². The molecule has 3 rings (SSSR count). The van der Waals surface area contributed by atoms with E-state index in [1.54, 1.807) is 0 Å². The Labute approximate surface area is 191 Å². The first kappa shape index (κ1) is 24.8. The van der Waals surface area contributed by atoms with Gasteiger partial charge in [-0.25, -0.2) is 0 Å². The monoisotopic (exact) mass is 444 g/mol. The average Bonchev–Trinajstić information content (AvgIpc) is 2.83. The molecule has 1 aliphatic rings. The molecule has 0 aromatic heterocycles. The van der Waals surface area contributed by atoms with Crippen molar-refractivity contribution < 1.29 is 28.4 Å². The van der Waals surface area contributed by atoms with Crippen molar-refractivity contribution in [2.45, 2.75) is 13.2 Å². The fourth-order valence-electron chi connectivity index (χ4n) is 3.47. The van der Waals surface area contributed by atoms with Gasteiger partial charge in [-0.1, -0.05) is 60.7 Å². The van der Waals surface area contributed by atoms with E-state index >= 15 is 0 Å². The highest BCUT2D eigenvalue weighted by Crippen LogP contribution is 2.18. The molecule has 176 valence electrons. The largest absolute Gasteiger partial charge is 0.379 e. The molecule has 6 nitrogen and oxygen atoms in total. The van der Waals surface area contributed by atoms with E-state index < -0.39 is 0 Å². The molecule has 0 amide bonds. The average molecular weight is 445 g/mol. The summed E-state index contributed by atoms with van der Waals surface area (Å²) in [6.45, 7) is 6.84. The van der Waals surface area contributed by atoms with Crippen LogP contribution in [0.25, 0.3) is 0 Å². The highest BCUT2D eigenvalue weighted by molar-refractivity contribution is 5.14. The lowest BCUT2D eigenvalue weighted by atomic mass is 9.95. The topological polar surface area (TPSA) is 55.4 Å². The summed E-state index contributed by atoms with van der Waals surface area (Å²) in [5, 5.41) is 0. The number of benzene rings is 2. The second-order valence-corrected chi connectivity index (χ2v) is 7.90. The molecule has 0 N–H and O–H groups in total. The van der Waals surface area contributed by atoms with E-state index in [-0.39, 0.29) is 11.8 Å². The third-order valence-corrected chi connectivity index (χ3v) is 5.33. The van der Waals surface area contributed by atoms with Crippen LogP contribution in [-0.4, -0.2) is 66.1 Å². The standard InChI is InChI=1S/C26H36O6/c1-3-7-23(8-4-1)17-31-21-25-19-29-15-13-27-11-12-28-14-16-30-20-26(25)22-32-18-24-9-5-2-6-10-24/h1-10,25-26H,11-22H2. The van der Waals surface area contributed by atoms with Crippen molar-refractivity contribution in [3.8, 4) is 0 Å². The van der Waals surface area contributed by atoms with Crippen LogP contribution in [0, 0.1) is 11.8 Å². The van der Waals surface area contributed by atoms with E-state index in [1.165, 1.54) is 0 Å². The Bertz CT molecular complexity index is 634. The van der Waals surface area contributed by atoms with Gasteiger partial charge >= 0.3 is 0 Å². The van der Waals surface area contributed by atoms with Crippen molar-refractivity contribution in [2.24, 2.45) is 11.8 Å². The third kappa shape index (κ3) is 10.2. The zero-order valence-electron chi connectivity index (χ0n) is 18.9. The highest BCUT2D eigenvalue weighted by atomic mass is 16.6. The van der Waals surface area contributed by atoms with Gasteiger partial charge in [-0.3, -0.25) is 0 Å². The van der Waals surface area contributed by atoms with Crippen molar-refractivity contribution in [2.75, 3.05) is 66.1 Å². The van der Waals surface area contributed by atoms with E-state index in [4.69, 9.17) is 28.4 Å². The maximum atomic E-state index is 6.08. The normalized spacial score (nSPS) is 21.6. The molecule has 1 heterocycles. The summed E-state index contributed by atoms with van der Waals surface area (Å²) in [5.74, 6) is 0.302. The summed E-state index contributed by atoms with van der Waals surface area (Å²) in [7, 11) is 0. The van der Waals surface area contributed by atoms with Gasteiger partial charge in [0.05, 0.1) is 79.3 Å². The number of ether oxygens (including phenoxy) is 6. The van der Waals surface area contributed by atoms with E-state index in [0.717, 1.165) is 11.1 Å². The molecule has 0 spiro atoms. The van der Waals surface area contributed by atoms with Gasteiger partial charge in [0.25, 0.3) is 0 Å². The predicted octanol–water partition coefficient (Wildman–Crippen LogP) is 3.73. The summed E-state index contributed by atoms with van der Waals surface area (Å²) < 4.78 is 35.1. The Kier molecular flexibility index (Phi) is 12.3. The minimum Gasteiger partial charge on any atom is -0.379 e. The third-order valence-electron chi connectivity index (χ3n) is 5.33. The van der Waals surface area contributed by atoms with Crippen molar-refractivity contribution >= 4 is 0 Å². The molecule has 2 atom stereocenters. The van der Waals surface area contributed by atoms with Crippen molar-refractivity contribution in [3.63, 3.8) is 0 Å². The molecule has 2 unspecified atom stereocenters. The summed E-state index contributed by atoms with van der Waals surface area (Å²) in [4.78, 5) is 0. The van der Waals surface area contributed by atoms with E-state index in [0.29, 0.717) is 79.3 Å². The van der Waals surface area contributed by atoms with Gasteiger partial charge in [0.15, 0.2) is 0 Å². The zero-order chi connectivity index (χ0) is 22.1. The fourth-order valence-corrected chi connectivity index (χ4v) is 3.47. The molecule has 2 aromatic rings. The van der Waals surface area contributed by atoms with E-state index in [2.05, 4.69) is 24.3 Å². The number of rotatable bonds is 8. The predicted molar refractivity (Wildman–Crippen MR) is 122 cm³/mol. The van der Waals surface area contributed by atoms with Crippen LogP contribution in [0.1, 0.15) is 11.1 Å². The van der Waals surface area contributed by atoms with Crippen LogP contribution in [0.5, 0.6) is 0 Å². The number of hydrogen-bond donors (Lipinski definition) is 0. The van der Waals surface area contributed by atoms with Crippen LogP contribution < -0.4 is 0 Å². The maximum absolute atomic E-state index is 6.08. The van der Waals surface area contributed by atoms with Crippen LogP contribution in [0.2, 0.25) is 0 Å². The lowest BCUT2D eigenvalue weighted by molar-refractivity contribution is -0.0670. The summed E-state index contributed by atoms with van der Waals surface area (Å²) in [6.07, 6.45) is 0. The van der Waals surface area contributed by atoms with Crippen LogP contribution in [0.15, 0.2) is 60.7 Å². The molecule has 2 aromatic carbocycles. The fraction of sp³-hybridized carbons (Fsp3) is 0.538. The van der Waals surface area contributed by atoms with Crippen LogP contribution in [0.4, 0.5) is 0 Å². The van der Waals surface area contributed by atoms with Crippen LogP contribution in [-0.2, 0) is 41.6 Å². The molecule has 0 aliphatic carbocycles. The Morgan fingerprint density at radius 2 is 0.906 bits per heavy atom. The van der Waals surface area contributed by atoms with Gasteiger partial charge < -0.3 is 28.4 Å². The van der Waals surface area contributed by atoms with Gasteiger partial charge in [-0.15, -0.1) is 0 Å². The quantitative estimate of drug-likeness (QED) is 0.618. The SMILES string of the molecule is c1ccc(COCC2COCCOCCOCCOCC2COCc2ccccc2)cc1. The number of hydrogen-bond acceptors (Lipinski definition) is 6. The van der Waals surface area contributed by atoms with Crippen molar-refractivity contribution in [1.82, 2.24) is 0 Å². The molecule has 1 aliphatic heterocycles. The second kappa shape index (κ2) is 15.9. The van der Waals surface area contributed by atoms with Gasteiger partial charge in [0.1, 0.15) is 0 Å². The Morgan fingerprint density at radius 3 is 1.31 bits per heavy atom. The second-order valence-electron chi connectivity index (χ2n) is 7.90. The molecule has 32 heavy (non-hydrogen) atoms. The molecular weight excluding hydrogens is 408 g/mol. The first-order valence-corrected chi connectivity index (χ1v) is 11.5. The van der Waals surface area contributed by atoms with E-state index in [1.807, 2.05) is 36.4 Å². The van der Waals surface area contributed by atoms with Gasteiger partial charge in [0, 0.05) is 11.8 Å². The summed E-state index contributed by atoms with van der Waals surface area (Å²) in [5.41, 5.74) is 2.32. The molecular formula is C26H36O6. The van der Waals surface area contributed by atoms with Crippen LogP contribution >= 0.6 is 0 Å². The van der Waals surface area contributed by atoms with Crippen molar-refractivity contribution in [3.05, 3.63) is 71.8 Å². The summed E-state index contributed by atoms with van der Waals surface area (Å²) >= 11 is 0. The highest BCUT2D eigenvalue weighted by Gasteiger charge is 2.23. The lowest BCUT2D eigenvalue weighted by Gasteiger charge is -2.27. The Hall–Kier alpha value is -1.80. The van der Waals surface area contributed by atoms with Crippen molar-refractivity contribution in [1.29, 1.82) is 0 Å².